The maximum Gasteiger partial charge on any atom is 0.271 e. The van der Waals surface area contributed by atoms with E-state index in [-0.39, 0.29) is 22.7 Å². The molecule has 0 bridgehead atoms. The number of nitro groups is 1. The first-order valence-corrected chi connectivity index (χ1v) is 11.6. The Balaban J connectivity index is 1.63. The molecule has 35 heavy (non-hydrogen) atoms. The second-order valence-corrected chi connectivity index (χ2v) is 8.39. The molecule has 176 valence electrons. The molecule has 1 aliphatic heterocycles. The van der Waals surface area contributed by atoms with Crippen LogP contribution < -0.4 is 15.0 Å². The smallest absolute Gasteiger partial charge is 0.271 e. The fraction of sp³-hybridized carbons (Fsp3) is 0.154. The van der Waals surface area contributed by atoms with Gasteiger partial charge in [0.2, 0.25) is 0 Å². The summed E-state index contributed by atoms with van der Waals surface area (Å²) >= 11 is 5.81. The summed E-state index contributed by atoms with van der Waals surface area (Å²) in [6, 6.07) is 23.6. The van der Waals surface area contributed by atoms with E-state index in [0.29, 0.717) is 17.4 Å². The zero-order valence-electron chi connectivity index (χ0n) is 18.9. The number of pyridine rings is 1. The van der Waals surface area contributed by atoms with Crippen molar-refractivity contribution in [3.8, 4) is 11.4 Å². The molecule has 2 aromatic carbocycles. The van der Waals surface area contributed by atoms with Crippen LogP contribution in [0.4, 0.5) is 11.4 Å². The van der Waals surface area contributed by atoms with E-state index in [0.717, 1.165) is 22.8 Å². The summed E-state index contributed by atoms with van der Waals surface area (Å²) in [7, 11) is 0. The van der Waals surface area contributed by atoms with Gasteiger partial charge in [-0.1, -0.05) is 12.1 Å². The lowest BCUT2D eigenvalue weighted by atomic mass is 10.0. The molecule has 5 rings (SSSR count). The van der Waals surface area contributed by atoms with Crippen molar-refractivity contribution in [2.75, 3.05) is 11.5 Å². The standard InChI is InChI=1S/C26H23N5O3S/c1-2-34-21-13-11-18(12-14-21)30-25(24(28-26(30)35)22-9-3-4-15-27-22)23-10-6-16-29(23)19-7-5-8-20(17-19)31(32)33/h3-17,24-25H,2H2,1H3,(H,28,35). The van der Waals surface area contributed by atoms with Gasteiger partial charge in [0.25, 0.3) is 5.69 Å². The monoisotopic (exact) mass is 485 g/mol. The molecule has 0 amide bonds. The van der Waals surface area contributed by atoms with Crippen LogP contribution in [0.1, 0.15) is 30.4 Å². The molecule has 0 aliphatic carbocycles. The third kappa shape index (κ3) is 4.33. The number of hydrogen-bond donors (Lipinski definition) is 1. The maximum absolute atomic E-state index is 11.4. The third-order valence-electron chi connectivity index (χ3n) is 5.93. The Morgan fingerprint density at radius 2 is 1.89 bits per heavy atom. The van der Waals surface area contributed by atoms with Gasteiger partial charge >= 0.3 is 0 Å². The Bertz CT molecular complexity index is 1360. The number of nitrogens with one attached hydrogen (secondary N) is 1. The Labute approximate surface area is 207 Å². The predicted molar refractivity (Wildman–Crippen MR) is 138 cm³/mol. The number of ether oxygens (including phenoxy) is 1. The summed E-state index contributed by atoms with van der Waals surface area (Å²) in [6.45, 7) is 2.53. The lowest BCUT2D eigenvalue weighted by Crippen LogP contribution is -2.30. The molecule has 2 aromatic heterocycles. The first-order chi connectivity index (χ1) is 17.1. The van der Waals surface area contributed by atoms with Crippen LogP contribution in [0.3, 0.4) is 0 Å². The lowest BCUT2D eigenvalue weighted by molar-refractivity contribution is -0.384. The number of rotatable bonds is 7. The topological polar surface area (TPSA) is 85.5 Å². The molecule has 8 nitrogen and oxygen atoms in total. The van der Waals surface area contributed by atoms with E-state index in [1.54, 1.807) is 18.3 Å². The highest BCUT2D eigenvalue weighted by Crippen LogP contribution is 2.42. The predicted octanol–water partition coefficient (Wildman–Crippen LogP) is 5.36. The van der Waals surface area contributed by atoms with E-state index >= 15 is 0 Å². The summed E-state index contributed by atoms with van der Waals surface area (Å²) in [6.07, 6.45) is 3.66. The van der Waals surface area contributed by atoms with Crippen LogP contribution in [-0.4, -0.2) is 26.2 Å². The van der Waals surface area contributed by atoms with Gasteiger partial charge in [-0.3, -0.25) is 15.1 Å². The van der Waals surface area contributed by atoms with Crippen molar-refractivity contribution >= 4 is 28.7 Å². The van der Waals surface area contributed by atoms with E-state index in [4.69, 9.17) is 17.0 Å². The molecule has 2 atom stereocenters. The van der Waals surface area contributed by atoms with Crippen molar-refractivity contribution in [2.24, 2.45) is 0 Å². The van der Waals surface area contributed by atoms with Gasteiger partial charge in [-0.15, -0.1) is 0 Å². The quantitative estimate of drug-likeness (QED) is 0.214. The van der Waals surface area contributed by atoms with Crippen LogP contribution in [0.2, 0.25) is 0 Å². The fourth-order valence-corrected chi connectivity index (χ4v) is 4.78. The molecule has 0 radical (unpaired) electrons. The largest absolute Gasteiger partial charge is 0.494 e. The van der Waals surface area contributed by atoms with Crippen LogP contribution in [0, 0.1) is 10.1 Å². The average Bonchev–Trinajstić information content (AvgIpc) is 3.50. The third-order valence-corrected chi connectivity index (χ3v) is 6.24. The zero-order chi connectivity index (χ0) is 24.4. The molecule has 1 N–H and O–H groups in total. The van der Waals surface area contributed by atoms with Gasteiger partial charge in [0.15, 0.2) is 5.11 Å². The van der Waals surface area contributed by atoms with Crippen molar-refractivity contribution in [2.45, 2.75) is 19.0 Å². The normalized spacial score (nSPS) is 17.3. The summed E-state index contributed by atoms with van der Waals surface area (Å²) < 4.78 is 7.57. The highest BCUT2D eigenvalue weighted by molar-refractivity contribution is 7.80. The summed E-state index contributed by atoms with van der Waals surface area (Å²) in [5.41, 5.74) is 3.40. The first kappa shape index (κ1) is 22.5. The minimum absolute atomic E-state index is 0.0341. The number of aromatic nitrogens is 2. The van der Waals surface area contributed by atoms with Crippen molar-refractivity contribution in [1.29, 1.82) is 0 Å². The molecule has 1 saturated heterocycles. The zero-order valence-corrected chi connectivity index (χ0v) is 19.8. The summed E-state index contributed by atoms with van der Waals surface area (Å²) in [5, 5.41) is 15.4. The van der Waals surface area contributed by atoms with Gasteiger partial charge in [0.1, 0.15) is 11.8 Å². The molecular formula is C26H23N5O3S. The van der Waals surface area contributed by atoms with Gasteiger partial charge in [0, 0.05) is 35.9 Å². The van der Waals surface area contributed by atoms with Crippen LogP contribution in [0.25, 0.3) is 5.69 Å². The number of benzene rings is 2. The molecule has 0 spiro atoms. The maximum atomic E-state index is 11.4. The molecule has 9 heteroatoms. The average molecular weight is 486 g/mol. The van der Waals surface area contributed by atoms with Gasteiger partial charge < -0.3 is 19.5 Å². The second kappa shape index (κ2) is 9.55. The number of non-ortho nitro benzene ring substituents is 1. The molecule has 2 unspecified atom stereocenters. The van der Waals surface area contributed by atoms with Crippen LogP contribution in [-0.2, 0) is 0 Å². The Morgan fingerprint density at radius 3 is 2.60 bits per heavy atom. The van der Waals surface area contributed by atoms with Crippen molar-refractivity contribution in [3.05, 3.63) is 113 Å². The van der Waals surface area contributed by atoms with Crippen molar-refractivity contribution in [3.63, 3.8) is 0 Å². The highest BCUT2D eigenvalue weighted by Gasteiger charge is 2.42. The summed E-state index contributed by atoms with van der Waals surface area (Å²) in [4.78, 5) is 17.7. The van der Waals surface area contributed by atoms with E-state index in [1.807, 2.05) is 78.4 Å². The van der Waals surface area contributed by atoms with E-state index in [1.165, 1.54) is 6.07 Å². The van der Waals surface area contributed by atoms with Gasteiger partial charge in [-0.05, 0) is 73.7 Å². The molecule has 0 saturated carbocycles. The minimum Gasteiger partial charge on any atom is -0.494 e. The number of thiocarbonyl (C=S) groups is 1. The fourth-order valence-electron chi connectivity index (χ4n) is 4.43. The van der Waals surface area contributed by atoms with E-state index in [9.17, 15) is 10.1 Å². The van der Waals surface area contributed by atoms with Crippen LogP contribution >= 0.6 is 12.2 Å². The van der Waals surface area contributed by atoms with E-state index < -0.39 is 0 Å². The molecular weight excluding hydrogens is 462 g/mol. The lowest BCUT2D eigenvalue weighted by Gasteiger charge is -2.29. The van der Waals surface area contributed by atoms with Crippen LogP contribution in [0.15, 0.2) is 91.3 Å². The minimum atomic E-state index is -0.387. The second-order valence-electron chi connectivity index (χ2n) is 8.00. The SMILES string of the molecule is CCOc1ccc(N2C(=S)NC(c3ccccn3)C2c2cccn2-c2cccc([N+](=O)[O-])c2)cc1. The van der Waals surface area contributed by atoms with E-state index in [2.05, 4.69) is 15.2 Å². The highest BCUT2D eigenvalue weighted by atomic mass is 32.1. The number of anilines is 1. The van der Waals surface area contributed by atoms with Gasteiger partial charge in [0.05, 0.1) is 29.0 Å². The molecule has 3 heterocycles. The molecule has 1 aliphatic rings. The Kier molecular flexibility index (Phi) is 6.15. The van der Waals surface area contributed by atoms with Crippen LogP contribution in [0.5, 0.6) is 5.75 Å². The Hall–Kier alpha value is -4.24. The molecule has 4 aromatic rings. The number of nitrogens with zero attached hydrogens (tertiary/aromatic N) is 4. The molecule has 1 fully saturated rings. The van der Waals surface area contributed by atoms with Crippen molar-refractivity contribution < 1.29 is 9.66 Å². The van der Waals surface area contributed by atoms with Gasteiger partial charge in [-0.2, -0.15) is 0 Å². The number of hydrogen-bond acceptors (Lipinski definition) is 5. The Morgan fingerprint density at radius 1 is 1.06 bits per heavy atom. The van der Waals surface area contributed by atoms with Gasteiger partial charge in [-0.25, -0.2) is 0 Å². The number of nitro benzene ring substituents is 1. The van der Waals surface area contributed by atoms with Crippen molar-refractivity contribution in [1.82, 2.24) is 14.9 Å². The first-order valence-electron chi connectivity index (χ1n) is 11.2. The summed E-state index contributed by atoms with van der Waals surface area (Å²) in [5.74, 6) is 0.784.